The average molecular weight is 188 g/mol. The molecule has 0 heterocycles. The Morgan fingerprint density at radius 2 is 1.38 bits per heavy atom. The summed E-state index contributed by atoms with van der Waals surface area (Å²) in [5.74, 6) is 0. The van der Waals surface area contributed by atoms with Gasteiger partial charge >= 0.3 is 5.66 Å². The number of halogens is 3. The summed E-state index contributed by atoms with van der Waals surface area (Å²) in [6.07, 6.45) is 0. The van der Waals surface area contributed by atoms with Crippen LogP contribution in [0.25, 0.3) is 0 Å². The van der Waals surface area contributed by atoms with Crippen molar-refractivity contribution in [2.45, 2.75) is 0 Å². The molecular weight excluding hydrogens is 179 g/mol. The first kappa shape index (κ1) is 8.36. The maximum Gasteiger partial charge on any atom is 0.604 e. The van der Waals surface area contributed by atoms with Crippen LogP contribution in [0.3, 0.4) is 0 Å². The first-order valence-corrected chi connectivity index (χ1v) is 3.17. The van der Waals surface area contributed by atoms with Crippen LogP contribution in [-0.2, 0) is 0 Å². The van der Waals surface area contributed by atoms with Crippen molar-refractivity contribution >= 4 is 21.4 Å². The third kappa shape index (κ3) is 2.09. The monoisotopic (exact) mass is 187 g/mol. The number of quaternary nitrogens is 1. The zero-order valence-corrected chi connectivity index (χ0v) is 6.74. The van der Waals surface area contributed by atoms with Crippen LogP contribution < -0.4 is 0 Å². The number of rotatable bonds is 1. The normalized spacial score (nSPS) is 14.2. The molecule has 0 saturated carbocycles. The van der Waals surface area contributed by atoms with Gasteiger partial charge in [-0.2, -0.15) is 15.8 Å². The second kappa shape index (κ2) is 1.95. The number of nitrogens with zero attached hydrogens (tertiary/aromatic N) is 1. The topological polar surface area (TPSA) is 0 Å². The fourth-order valence-corrected chi connectivity index (χ4v) is 0. The average Bonchev–Trinajstić information content (AvgIpc) is 1.25. The molecule has 8 heavy (non-hydrogen) atoms. The van der Waals surface area contributed by atoms with Crippen LogP contribution in [0.5, 0.6) is 0 Å². The van der Waals surface area contributed by atoms with E-state index in [9.17, 15) is 8.63 Å². The lowest BCUT2D eigenvalue weighted by molar-refractivity contribution is -0.775. The second-order valence-electron chi connectivity index (χ2n) is 2.66. The van der Waals surface area contributed by atoms with Crippen molar-refractivity contribution in [3.8, 4) is 0 Å². The molecule has 0 fully saturated rings. The third-order valence-electron chi connectivity index (χ3n) is 0.878. The van der Waals surface area contributed by atoms with Crippen molar-refractivity contribution in [2.24, 2.45) is 0 Å². The largest absolute Gasteiger partial charge is 0.604 e. The van der Waals surface area contributed by atoms with E-state index < -0.39 is 5.66 Å². The van der Waals surface area contributed by atoms with Gasteiger partial charge in [-0.05, 0) is 0 Å². The molecule has 5 heteroatoms. The van der Waals surface area contributed by atoms with Crippen molar-refractivity contribution in [3.05, 3.63) is 0 Å². The van der Waals surface area contributed by atoms with Gasteiger partial charge in [-0.15, -0.1) is 0 Å². The van der Waals surface area contributed by atoms with Gasteiger partial charge in [0.1, 0.15) is 0 Å². The van der Waals surface area contributed by atoms with E-state index in [0.29, 0.717) is 0 Å². The summed E-state index contributed by atoms with van der Waals surface area (Å²) < 4.78 is 24.0. The molecule has 0 atom stereocenters. The van der Waals surface area contributed by atoms with Gasteiger partial charge in [0, 0.05) is 21.1 Å². The molecule has 0 aliphatic heterocycles. The van der Waals surface area contributed by atoms with Gasteiger partial charge in [-0.3, -0.25) is 0 Å². The molecule has 0 aromatic rings. The molecule has 0 radical (unpaired) electrons. The van der Waals surface area contributed by atoms with Crippen LogP contribution in [0.2, 0.25) is 0 Å². The van der Waals surface area contributed by atoms with E-state index in [0.717, 1.165) is 0 Å². The molecule has 0 unspecified atom stereocenters. The van der Waals surface area contributed by atoms with Crippen LogP contribution >= 0.6 is 15.8 Å². The van der Waals surface area contributed by atoms with Crippen LogP contribution in [0.4, 0.5) is 8.63 Å². The van der Waals surface area contributed by atoms with Gasteiger partial charge in [0.2, 0.25) is 0 Å². The van der Waals surface area contributed by atoms with Gasteiger partial charge in [-0.1, -0.05) is 0 Å². The predicted molar refractivity (Wildman–Crippen MR) is 34.9 cm³/mol. The highest BCUT2D eigenvalue weighted by molar-refractivity contribution is 9.25. The number of hydrogen-bond acceptors (Lipinski definition) is 0. The van der Waals surface area contributed by atoms with Crippen LogP contribution in [0.15, 0.2) is 0 Å². The molecule has 0 aromatic heterocycles. The lowest BCUT2D eigenvalue weighted by Gasteiger charge is -2.37. The zero-order chi connectivity index (χ0) is 7.00. The van der Waals surface area contributed by atoms with Gasteiger partial charge in [0.15, 0.2) is 0 Å². The Hall–Kier alpha value is 0.365. The Morgan fingerprint density at radius 3 is 1.38 bits per heavy atom. The summed E-state index contributed by atoms with van der Waals surface area (Å²) >= 11 is 2.30. The molecule has 0 bridgehead atoms. The molecule has 0 aromatic carbocycles. The van der Waals surface area contributed by atoms with Crippen molar-refractivity contribution < 1.29 is 13.0 Å². The van der Waals surface area contributed by atoms with Crippen molar-refractivity contribution in [3.63, 3.8) is 0 Å². The van der Waals surface area contributed by atoms with E-state index in [1.807, 2.05) is 0 Å². The molecule has 0 N–H and O–H groups in total. The highest BCUT2D eigenvalue weighted by atomic mass is 79.9. The van der Waals surface area contributed by atoms with Gasteiger partial charge in [0.05, 0.1) is 0 Å². The molecular formula is C3H9BBrF2N. The summed E-state index contributed by atoms with van der Waals surface area (Å²) in [7, 11) is 4.32. The minimum Gasteiger partial charge on any atom is -0.453 e. The lowest BCUT2D eigenvalue weighted by Crippen LogP contribution is -2.51. The molecule has 0 amide bonds. The minimum absolute atomic E-state index is 0.333. The van der Waals surface area contributed by atoms with E-state index in [1.54, 1.807) is 0 Å². The highest BCUT2D eigenvalue weighted by Crippen LogP contribution is 2.22. The predicted octanol–water partition coefficient (Wildman–Crippen LogP) is 1.46. The highest BCUT2D eigenvalue weighted by Gasteiger charge is 2.37. The van der Waals surface area contributed by atoms with Crippen molar-refractivity contribution in [1.82, 2.24) is 0 Å². The van der Waals surface area contributed by atoms with E-state index >= 15 is 0 Å². The maximum atomic E-state index is 12.2. The fourth-order valence-electron chi connectivity index (χ4n) is 0. The Balaban J connectivity index is 4.02. The lowest BCUT2D eigenvalue weighted by atomic mass is 10.1. The maximum absolute atomic E-state index is 12.2. The molecule has 0 saturated heterocycles. The van der Waals surface area contributed by atoms with Crippen LogP contribution in [0.1, 0.15) is 0 Å². The molecule has 0 aliphatic rings. The van der Waals surface area contributed by atoms with E-state index in [-0.39, 0.29) is 4.39 Å². The minimum atomic E-state index is -3.40. The van der Waals surface area contributed by atoms with E-state index in [2.05, 4.69) is 15.8 Å². The Bertz CT molecular complexity index is 72.3. The van der Waals surface area contributed by atoms with E-state index in [4.69, 9.17) is 0 Å². The van der Waals surface area contributed by atoms with Crippen LogP contribution in [0, 0.1) is 0 Å². The zero-order valence-electron chi connectivity index (χ0n) is 5.16. The quantitative estimate of drug-likeness (QED) is 0.546. The summed E-state index contributed by atoms with van der Waals surface area (Å²) in [5, 5.41) is 0. The molecule has 50 valence electrons. The standard InChI is InChI=1S/C3H9BBrF2N/c1-8(2,3)4(5,6)7/h1-3H3. The van der Waals surface area contributed by atoms with Crippen molar-refractivity contribution in [2.75, 3.05) is 21.1 Å². The smallest absolute Gasteiger partial charge is 0.453 e. The SMILES string of the molecule is C[N+](C)(C)[B-](F)(F)Br. The first-order chi connectivity index (χ1) is 3.25. The number of hydrogen-bond donors (Lipinski definition) is 0. The summed E-state index contributed by atoms with van der Waals surface area (Å²) in [4.78, 5) is 0. The van der Waals surface area contributed by atoms with Crippen molar-refractivity contribution in [1.29, 1.82) is 0 Å². The van der Waals surface area contributed by atoms with Gasteiger partial charge in [-0.25, -0.2) is 0 Å². The Kier molecular flexibility index (Phi) is 2.04. The molecule has 0 rings (SSSR count). The van der Waals surface area contributed by atoms with Gasteiger partial charge < -0.3 is 13.0 Å². The summed E-state index contributed by atoms with van der Waals surface area (Å²) in [6, 6.07) is 0. The summed E-state index contributed by atoms with van der Waals surface area (Å²) in [5.41, 5.74) is -3.40. The first-order valence-electron chi connectivity index (χ1n) is 2.25. The molecule has 0 aliphatic carbocycles. The third-order valence-corrected chi connectivity index (χ3v) is 2.11. The fraction of sp³-hybridized carbons (Fsp3) is 1.00. The Labute approximate surface area is 56.3 Å². The second-order valence-corrected chi connectivity index (χ2v) is 3.76. The summed E-state index contributed by atoms with van der Waals surface area (Å²) in [6.45, 7) is 0. The molecule has 1 nitrogen and oxygen atoms in total. The van der Waals surface area contributed by atoms with E-state index in [1.165, 1.54) is 21.1 Å². The Morgan fingerprint density at radius 1 is 1.25 bits per heavy atom. The van der Waals surface area contributed by atoms with Gasteiger partial charge in [0.25, 0.3) is 0 Å². The van der Waals surface area contributed by atoms with Crippen LogP contribution in [-0.4, -0.2) is 31.2 Å². The molecule has 0 spiro atoms.